The second kappa shape index (κ2) is 15.3. The number of piperazine rings is 1. The van der Waals surface area contributed by atoms with Crippen molar-refractivity contribution in [2.75, 3.05) is 38.5 Å². The second-order valence-corrected chi connectivity index (χ2v) is 13.9. The quantitative estimate of drug-likeness (QED) is 0.305. The van der Waals surface area contributed by atoms with Gasteiger partial charge in [-0.1, -0.05) is 44.8 Å². The van der Waals surface area contributed by atoms with Crippen molar-refractivity contribution in [1.82, 2.24) is 30.7 Å². The first-order chi connectivity index (χ1) is 23.3. The highest BCUT2D eigenvalue weighted by Crippen LogP contribution is 2.43. The monoisotopic (exact) mass is 689 g/mol. The molecule has 15 heteroatoms. The molecule has 2 aliphatic carbocycles. The first-order valence-electron chi connectivity index (χ1n) is 17.2. The molecule has 3 atom stereocenters. The van der Waals surface area contributed by atoms with E-state index in [-0.39, 0.29) is 35.7 Å². The molecule has 3 N–H and O–H groups in total. The van der Waals surface area contributed by atoms with E-state index in [1.54, 1.807) is 13.8 Å². The lowest BCUT2D eigenvalue weighted by Crippen LogP contribution is -2.58. The summed E-state index contributed by atoms with van der Waals surface area (Å²) < 4.78 is 49.9. The van der Waals surface area contributed by atoms with Crippen LogP contribution in [0.2, 0.25) is 0 Å². The Hall–Kier alpha value is -4.01. The second-order valence-electron chi connectivity index (χ2n) is 13.9. The number of aromatic nitrogens is 2. The van der Waals surface area contributed by atoms with E-state index in [4.69, 9.17) is 4.63 Å². The zero-order chi connectivity index (χ0) is 35.5. The summed E-state index contributed by atoms with van der Waals surface area (Å²) in [5.41, 5.74) is 0.445. The van der Waals surface area contributed by atoms with Gasteiger partial charge in [0.2, 0.25) is 11.8 Å². The van der Waals surface area contributed by atoms with Gasteiger partial charge in [0, 0.05) is 38.0 Å². The molecule has 1 aliphatic heterocycles. The Morgan fingerprint density at radius 3 is 2.29 bits per heavy atom. The molecule has 3 aliphatic rings. The van der Waals surface area contributed by atoms with E-state index in [1.807, 2.05) is 11.9 Å². The third-order valence-electron chi connectivity index (χ3n) is 10.2. The smallest absolute Gasteiger partial charge is 0.327 e. The fraction of sp³-hybridized carbons (Fsp3) is 0.647. The van der Waals surface area contributed by atoms with Crippen molar-refractivity contribution in [2.24, 2.45) is 17.8 Å². The SMILES string of the molecule is CCc1nonc1C(=O)N[C@H](C(=O)Nc1ccc([C@H](C)[C@@H](NC(=O)C(F)(F)C2CC2)C(=O)N2CCN(C)CC2)cc1F)[C@H]1CC[C@H](C)CC1. The van der Waals surface area contributed by atoms with Gasteiger partial charge in [0.1, 0.15) is 23.6 Å². The molecule has 1 saturated heterocycles. The van der Waals surface area contributed by atoms with Gasteiger partial charge in [0.05, 0.1) is 5.69 Å². The lowest BCUT2D eigenvalue weighted by Gasteiger charge is -2.36. The number of alkyl halides is 2. The zero-order valence-electron chi connectivity index (χ0n) is 28.4. The van der Waals surface area contributed by atoms with Crippen molar-refractivity contribution >= 4 is 29.3 Å². The van der Waals surface area contributed by atoms with Gasteiger partial charge in [-0.05, 0) is 73.8 Å². The molecule has 2 aromatic rings. The van der Waals surface area contributed by atoms with Gasteiger partial charge in [0.15, 0.2) is 5.69 Å². The summed E-state index contributed by atoms with van der Waals surface area (Å²) in [6, 6.07) is 1.58. The minimum atomic E-state index is -3.62. The molecule has 2 saturated carbocycles. The molecule has 4 amide bonds. The number of nitrogens with zero attached hydrogens (tertiary/aromatic N) is 4. The Kier molecular flexibility index (Phi) is 11.3. The molecule has 12 nitrogen and oxygen atoms in total. The first kappa shape index (κ1) is 36.3. The number of benzene rings is 1. The molecule has 268 valence electrons. The summed E-state index contributed by atoms with van der Waals surface area (Å²) in [7, 11) is 1.91. The van der Waals surface area contributed by atoms with Crippen LogP contribution in [0, 0.1) is 23.6 Å². The van der Waals surface area contributed by atoms with Gasteiger partial charge in [-0.15, -0.1) is 0 Å². The maximum atomic E-state index is 15.7. The third kappa shape index (κ3) is 8.42. The number of halogens is 3. The van der Waals surface area contributed by atoms with Crippen molar-refractivity contribution in [3.8, 4) is 0 Å². The summed E-state index contributed by atoms with van der Waals surface area (Å²) in [5.74, 6) is -9.38. The van der Waals surface area contributed by atoms with Gasteiger partial charge < -0.3 is 25.8 Å². The van der Waals surface area contributed by atoms with Crippen LogP contribution in [0.5, 0.6) is 0 Å². The minimum absolute atomic E-state index is 0.0170. The molecular formula is C34H46F3N7O5. The molecule has 0 bridgehead atoms. The third-order valence-corrected chi connectivity index (χ3v) is 10.2. The van der Waals surface area contributed by atoms with E-state index in [0.29, 0.717) is 57.1 Å². The Balaban J connectivity index is 1.34. The number of amides is 4. The van der Waals surface area contributed by atoms with Crippen LogP contribution in [0.4, 0.5) is 18.9 Å². The van der Waals surface area contributed by atoms with Gasteiger partial charge >= 0.3 is 5.92 Å². The fourth-order valence-corrected chi connectivity index (χ4v) is 6.65. The van der Waals surface area contributed by atoms with Crippen molar-refractivity contribution in [3.63, 3.8) is 0 Å². The molecule has 5 rings (SSSR count). The predicted octanol–water partition coefficient (Wildman–Crippen LogP) is 3.74. The highest BCUT2D eigenvalue weighted by atomic mass is 19.3. The molecule has 2 heterocycles. The molecule has 0 radical (unpaired) electrons. The molecule has 1 aromatic heterocycles. The number of anilines is 1. The molecule has 3 fully saturated rings. The largest absolute Gasteiger partial charge is 0.338 e. The van der Waals surface area contributed by atoms with Crippen molar-refractivity contribution in [2.45, 2.75) is 89.6 Å². The number of likely N-dealkylation sites (N-methyl/N-ethyl adjacent to an activating group) is 1. The summed E-state index contributed by atoms with van der Waals surface area (Å²) >= 11 is 0. The first-order valence-corrected chi connectivity index (χ1v) is 17.2. The van der Waals surface area contributed by atoms with Crippen LogP contribution in [0.1, 0.15) is 87.0 Å². The van der Waals surface area contributed by atoms with E-state index in [9.17, 15) is 28.0 Å². The Morgan fingerprint density at radius 1 is 1.00 bits per heavy atom. The van der Waals surface area contributed by atoms with Crippen LogP contribution in [-0.2, 0) is 20.8 Å². The number of hydrogen-bond acceptors (Lipinski definition) is 8. The molecular weight excluding hydrogens is 643 g/mol. The van der Waals surface area contributed by atoms with E-state index in [0.717, 1.165) is 18.9 Å². The van der Waals surface area contributed by atoms with Gasteiger partial charge in [-0.2, -0.15) is 8.78 Å². The van der Waals surface area contributed by atoms with Gasteiger partial charge in [-0.3, -0.25) is 19.2 Å². The standard InChI is InChI=1S/C34H46F3N7O5/c1-5-25-29(42-49-41-25)31(46)39-28(21-8-6-19(2)7-9-21)30(45)38-26-13-10-22(18-24(26)35)20(3)27(32(47)44-16-14-43(4)15-17-44)40-33(48)34(36,37)23-11-12-23/h10,13,18-21,23,27-28H,5-9,11-12,14-17H2,1-4H3,(H,38,45)(H,39,46)(H,40,48)/t19-,20-,21-,27+,28-/m0/s1. The lowest BCUT2D eigenvalue weighted by atomic mass is 9.79. The average molecular weight is 690 g/mol. The number of hydrogen-bond donors (Lipinski definition) is 3. The number of aryl methyl sites for hydroxylation is 1. The highest BCUT2D eigenvalue weighted by Gasteiger charge is 2.54. The van der Waals surface area contributed by atoms with Crippen molar-refractivity contribution in [1.29, 1.82) is 0 Å². The van der Waals surface area contributed by atoms with E-state index >= 15 is 4.39 Å². The number of nitrogens with one attached hydrogen (secondary N) is 3. The maximum Gasteiger partial charge on any atom is 0.327 e. The van der Waals surface area contributed by atoms with E-state index < -0.39 is 59.3 Å². The minimum Gasteiger partial charge on any atom is -0.338 e. The van der Waals surface area contributed by atoms with Crippen molar-refractivity contribution < 1.29 is 37.0 Å². The molecule has 49 heavy (non-hydrogen) atoms. The zero-order valence-corrected chi connectivity index (χ0v) is 28.4. The molecule has 1 aromatic carbocycles. The highest BCUT2D eigenvalue weighted by molar-refractivity contribution is 6.01. The Morgan fingerprint density at radius 2 is 1.67 bits per heavy atom. The van der Waals surface area contributed by atoms with Crippen LogP contribution in [0.25, 0.3) is 0 Å². The molecule has 0 spiro atoms. The summed E-state index contributed by atoms with van der Waals surface area (Å²) in [5, 5.41) is 15.1. The Bertz CT molecular complexity index is 1520. The lowest BCUT2D eigenvalue weighted by molar-refractivity contribution is -0.152. The van der Waals surface area contributed by atoms with E-state index in [1.165, 1.54) is 17.0 Å². The van der Waals surface area contributed by atoms with Crippen molar-refractivity contribution in [3.05, 3.63) is 41.0 Å². The van der Waals surface area contributed by atoms with E-state index in [2.05, 4.69) is 33.2 Å². The summed E-state index contributed by atoms with van der Waals surface area (Å²) in [4.78, 5) is 56.8. The average Bonchev–Trinajstić information content (AvgIpc) is 3.84. The van der Waals surface area contributed by atoms with Crippen LogP contribution in [0.15, 0.2) is 22.8 Å². The number of carbonyl (C=O) groups excluding carboxylic acids is 4. The number of carbonyl (C=O) groups is 4. The van der Waals surface area contributed by atoms with Crippen LogP contribution in [-0.4, -0.2) is 95.0 Å². The van der Waals surface area contributed by atoms with Gasteiger partial charge in [-0.25, -0.2) is 9.02 Å². The maximum absolute atomic E-state index is 15.7. The van der Waals surface area contributed by atoms with Crippen LogP contribution >= 0.6 is 0 Å². The Labute approximate surface area is 283 Å². The topological polar surface area (TPSA) is 150 Å². The summed E-state index contributed by atoms with van der Waals surface area (Å²) in [6.45, 7) is 7.37. The summed E-state index contributed by atoms with van der Waals surface area (Å²) in [6.07, 6.45) is 3.96. The van der Waals surface area contributed by atoms with Gasteiger partial charge in [0.25, 0.3) is 11.8 Å². The fourth-order valence-electron chi connectivity index (χ4n) is 6.65. The van der Waals surface area contributed by atoms with Crippen LogP contribution in [0.3, 0.4) is 0 Å². The normalized spacial score (nSPS) is 22.1. The molecule has 0 unspecified atom stereocenters. The number of rotatable bonds is 12. The van der Waals surface area contributed by atoms with Crippen LogP contribution < -0.4 is 16.0 Å². The predicted molar refractivity (Wildman–Crippen MR) is 173 cm³/mol.